The quantitative estimate of drug-likeness (QED) is 0.802. The van der Waals surface area contributed by atoms with E-state index in [1.165, 1.54) is 22.6 Å². The van der Waals surface area contributed by atoms with Gasteiger partial charge in [-0.25, -0.2) is 0 Å². The van der Waals surface area contributed by atoms with Crippen molar-refractivity contribution in [2.75, 3.05) is 11.1 Å². The number of anilines is 1. The largest absolute Gasteiger partial charge is 0.416 e. The fourth-order valence-corrected chi connectivity index (χ4v) is 3.57. The topological polar surface area (TPSA) is 12.0 Å². The van der Waals surface area contributed by atoms with Crippen molar-refractivity contribution in [1.29, 1.82) is 0 Å². The smallest absolute Gasteiger partial charge is 0.378 e. The van der Waals surface area contributed by atoms with Gasteiger partial charge in [-0.15, -0.1) is 11.8 Å². The zero-order valence-corrected chi connectivity index (χ0v) is 12.0. The Hall–Kier alpha value is -1.62. The molecule has 5 heteroatoms. The van der Waals surface area contributed by atoms with Gasteiger partial charge >= 0.3 is 6.18 Å². The van der Waals surface area contributed by atoms with Gasteiger partial charge in [-0.2, -0.15) is 13.2 Å². The maximum absolute atomic E-state index is 12.6. The summed E-state index contributed by atoms with van der Waals surface area (Å²) in [5, 5.41) is 3.34. The van der Waals surface area contributed by atoms with E-state index < -0.39 is 11.7 Å². The SMILES string of the molecule is FC(F)(F)c1ccc(NC2CCSc3ccccc32)cc1. The van der Waals surface area contributed by atoms with Crippen LogP contribution in [-0.4, -0.2) is 5.75 Å². The lowest BCUT2D eigenvalue weighted by atomic mass is 10.0. The molecular weight excluding hydrogens is 295 g/mol. The highest BCUT2D eigenvalue weighted by atomic mass is 32.2. The molecule has 2 aromatic rings. The lowest BCUT2D eigenvalue weighted by Crippen LogP contribution is -2.16. The van der Waals surface area contributed by atoms with Crippen LogP contribution in [0.3, 0.4) is 0 Å². The van der Waals surface area contributed by atoms with Crippen LogP contribution in [0, 0.1) is 0 Å². The second kappa shape index (κ2) is 5.64. The fourth-order valence-electron chi connectivity index (χ4n) is 2.45. The summed E-state index contributed by atoms with van der Waals surface area (Å²) in [7, 11) is 0. The van der Waals surface area contributed by atoms with Crippen molar-refractivity contribution >= 4 is 17.4 Å². The van der Waals surface area contributed by atoms with Gasteiger partial charge in [0, 0.05) is 16.3 Å². The monoisotopic (exact) mass is 309 g/mol. The van der Waals surface area contributed by atoms with Crippen molar-refractivity contribution < 1.29 is 13.2 Å². The molecule has 0 spiro atoms. The van der Waals surface area contributed by atoms with Crippen LogP contribution >= 0.6 is 11.8 Å². The highest BCUT2D eigenvalue weighted by Gasteiger charge is 2.30. The summed E-state index contributed by atoms with van der Waals surface area (Å²) < 4.78 is 37.7. The maximum atomic E-state index is 12.6. The van der Waals surface area contributed by atoms with Crippen LogP contribution < -0.4 is 5.32 Å². The Morgan fingerprint density at radius 1 is 1.00 bits per heavy atom. The van der Waals surface area contributed by atoms with E-state index in [-0.39, 0.29) is 6.04 Å². The Kier molecular flexibility index (Phi) is 3.85. The highest BCUT2D eigenvalue weighted by Crippen LogP contribution is 2.38. The van der Waals surface area contributed by atoms with Crippen molar-refractivity contribution in [2.24, 2.45) is 0 Å². The number of hydrogen-bond acceptors (Lipinski definition) is 2. The van der Waals surface area contributed by atoms with Crippen molar-refractivity contribution in [2.45, 2.75) is 23.5 Å². The second-order valence-corrected chi connectivity index (χ2v) is 6.08. The fraction of sp³-hybridized carbons (Fsp3) is 0.250. The summed E-state index contributed by atoms with van der Waals surface area (Å²) in [5.74, 6) is 1.01. The predicted octanol–water partition coefficient (Wildman–Crippen LogP) is 5.35. The molecule has 0 aliphatic carbocycles. The summed E-state index contributed by atoms with van der Waals surface area (Å²) >= 11 is 1.82. The lowest BCUT2D eigenvalue weighted by Gasteiger charge is -2.26. The van der Waals surface area contributed by atoms with E-state index in [1.807, 2.05) is 23.9 Å². The molecule has 3 rings (SSSR count). The van der Waals surface area contributed by atoms with E-state index in [9.17, 15) is 13.2 Å². The standard InChI is InChI=1S/C16H14F3NS/c17-16(18,19)11-5-7-12(8-6-11)20-14-9-10-21-15-4-2-1-3-13(14)15/h1-8,14,20H,9-10H2. The number of thioether (sulfide) groups is 1. The van der Waals surface area contributed by atoms with Gasteiger partial charge in [-0.05, 0) is 42.3 Å². The summed E-state index contributed by atoms with van der Waals surface area (Å²) in [6.45, 7) is 0. The minimum atomic E-state index is -4.29. The van der Waals surface area contributed by atoms with Crippen molar-refractivity contribution in [3.05, 3.63) is 59.7 Å². The number of hydrogen-bond donors (Lipinski definition) is 1. The normalized spacial score (nSPS) is 18.1. The zero-order valence-electron chi connectivity index (χ0n) is 11.2. The lowest BCUT2D eigenvalue weighted by molar-refractivity contribution is -0.137. The van der Waals surface area contributed by atoms with Gasteiger partial charge < -0.3 is 5.32 Å². The van der Waals surface area contributed by atoms with Gasteiger partial charge in [-0.1, -0.05) is 18.2 Å². The molecule has 1 aliphatic rings. The van der Waals surface area contributed by atoms with Crippen molar-refractivity contribution in [3.63, 3.8) is 0 Å². The average molecular weight is 309 g/mol. The van der Waals surface area contributed by atoms with Gasteiger partial charge in [-0.3, -0.25) is 0 Å². The maximum Gasteiger partial charge on any atom is 0.416 e. The van der Waals surface area contributed by atoms with Crippen molar-refractivity contribution in [1.82, 2.24) is 0 Å². The van der Waals surface area contributed by atoms with Crippen LogP contribution in [0.2, 0.25) is 0 Å². The van der Waals surface area contributed by atoms with E-state index in [0.717, 1.165) is 30.0 Å². The molecule has 2 aromatic carbocycles. The molecule has 1 atom stereocenters. The first-order chi connectivity index (χ1) is 10.0. The molecule has 1 aliphatic heterocycles. The van der Waals surface area contributed by atoms with Crippen LogP contribution in [0.15, 0.2) is 53.4 Å². The molecule has 0 fully saturated rings. The third kappa shape index (κ3) is 3.18. The van der Waals surface area contributed by atoms with E-state index in [1.54, 1.807) is 0 Å². The Morgan fingerprint density at radius 2 is 1.71 bits per heavy atom. The zero-order chi connectivity index (χ0) is 14.9. The van der Waals surface area contributed by atoms with Crippen LogP contribution in [0.4, 0.5) is 18.9 Å². The number of alkyl halides is 3. The molecule has 0 aromatic heterocycles. The summed E-state index contributed by atoms with van der Waals surface area (Å²) in [4.78, 5) is 1.24. The van der Waals surface area contributed by atoms with E-state index in [0.29, 0.717) is 0 Å². The van der Waals surface area contributed by atoms with Gasteiger partial charge in [0.05, 0.1) is 11.6 Å². The van der Waals surface area contributed by atoms with Gasteiger partial charge in [0.15, 0.2) is 0 Å². The molecule has 110 valence electrons. The number of fused-ring (bicyclic) bond motifs is 1. The van der Waals surface area contributed by atoms with E-state index in [2.05, 4.69) is 17.4 Å². The Bertz CT molecular complexity index is 622. The van der Waals surface area contributed by atoms with Gasteiger partial charge in [0.1, 0.15) is 0 Å². The Balaban J connectivity index is 1.79. The third-order valence-electron chi connectivity index (χ3n) is 3.51. The van der Waals surface area contributed by atoms with E-state index >= 15 is 0 Å². The number of rotatable bonds is 2. The van der Waals surface area contributed by atoms with Gasteiger partial charge in [0.25, 0.3) is 0 Å². The first kappa shape index (κ1) is 14.3. The highest BCUT2D eigenvalue weighted by molar-refractivity contribution is 7.99. The first-order valence-electron chi connectivity index (χ1n) is 6.69. The molecule has 0 saturated heterocycles. The Morgan fingerprint density at radius 3 is 2.43 bits per heavy atom. The summed E-state index contributed by atoms with van der Waals surface area (Å²) in [6.07, 6.45) is -3.32. The minimum absolute atomic E-state index is 0.152. The van der Waals surface area contributed by atoms with Crippen LogP contribution in [0.1, 0.15) is 23.6 Å². The van der Waals surface area contributed by atoms with Crippen molar-refractivity contribution in [3.8, 4) is 0 Å². The molecule has 1 unspecified atom stereocenters. The van der Waals surface area contributed by atoms with Gasteiger partial charge in [0.2, 0.25) is 0 Å². The Labute approximate surface area is 125 Å². The first-order valence-corrected chi connectivity index (χ1v) is 7.68. The van der Waals surface area contributed by atoms with Crippen LogP contribution in [0.5, 0.6) is 0 Å². The minimum Gasteiger partial charge on any atom is -0.378 e. The molecule has 1 nitrogen and oxygen atoms in total. The van der Waals surface area contributed by atoms with Crippen LogP contribution in [-0.2, 0) is 6.18 Å². The van der Waals surface area contributed by atoms with Crippen LogP contribution in [0.25, 0.3) is 0 Å². The number of nitrogens with one attached hydrogen (secondary N) is 1. The average Bonchev–Trinajstić information content (AvgIpc) is 2.47. The molecule has 0 amide bonds. The number of benzene rings is 2. The van der Waals surface area contributed by atoms with E-state index in [4.69, 9.17) is 0 Å². The third-order valence-corrected chi connectivity index (χ3v) is 4.63. The molecule has 1 N–H and O–H groups in total. The summed E-state index contributed by atoms with van der Waals surface area (Å²) in [6, 6.07) is 13.5. The molecule has 1 heterocycles. The molecule has 0 radical (unpaired) electrons. The predicted molar refractivity (Wildman–Crippen MR) is 79.6 cm³/mol. The molecule has 0 saturated carbocycles. The second-order valence-electron chi connectivity index (χ2n) is 4.95. The summed E-state index contributed by atoms with van der Waals surface area (Å²) in [5.41, 5.74) is 1.32. The number of halogens is 3. The molecular formula is C16H14F3NS. The molecule has 0 bridgehead atoms. The molecule has 21 heavy (non-hydrogen) atoms.